The quantitative estimate of drug-likeness (QED) is 0.660. The second-order valence-electron chi connectivity index (χ2n) is 5.34. The van der Waals surface area contributed by atoms with E-state index in [4.69, 9.17) is 15.8 Å². The van der Waals surface area contributed by atoms with Gasteiger partial charge in [0.1, 0.15) is 10.6 Å². The molecule has 3 aromatic carbocycles. The van der Waals surface area contributed by atoms with E-state index in [1.807, 2.05) is 6.07 Å². The molecule has 0 aliphatic rings. The summed E-state index contributed by atoms with van der Waals surface area (Å²) in [5, 5.41) is 3.03. The molecule has 0 bridgehead atoms. The Bertz CT molecular complexity index is 1020. The van der Waals surface area contributed by atoms with E-state index in [0.717, 1.165) is 0 Å². The molecule has 1 amide bonds. The minimum absolute atomic E-state index is 0.0357. The third-order valence-corrected chi connectivity index (χ3v) is 4.92. The van der Waals surface area contributed by atoms with Crippen LogP contribution in [0.4, 0.5) is 5.69 Å². The molecule has 0 atom stereocenters. The van der Waals surface area contributed by atoms with Crippen molar-refractivity contribution in [1.82, 2.24) is 0 Å². The van der Waals surface area contributed by atoms with E-state index in [1.165, 1.54) is 30.3 Å². The Morgan fingerprint density at radius 3 is 2.23 bits per heavy atom. The molecule has 3 rings (SSSR count). The topological polar surface area (TPSA) is 72.5 Å². The molecule has 0 aliphatic carbocycles. The number of benzene rings is 3. The van der Waals surface area contributed by atoms with Crippen LogP contribution in [0, 0.1) is 0 Å². The fraction of sp³-hybridized carbons (Fsp3) is 0. The second-order valence-corrected chi connectivity index (χ2v) is 7.32. The van der Waals surface area contributed by atoms with Crippen LogP contribution >= 0.6 is 11.6 Å². The number of hydrogen-bond acceptors (Lipinski definition) is 4. The largest absolute Gasteiger partial charge is 0.379 e. The third kappa shape index (κ3) is 4.41. The van der Waals surface area contributed by atoms with Crippen molar-refractivity contribution in [2.75, 3.05) is 5.32 Å². The molecule has 7 heteroatoms. The van der Waals surface area contributed by atoms with Crippen molar-refractivity contribution < 1.29 is 17.4 Å². The number of anilines is 1. The number of amides is 1. The van der Waals surface area contributed by atoms with E-state index in [1.54, 1.807) is 42.5 Å². The van der Waals surface area contributed by atoms with Crippen molar-refractivity contribution in [2.24, 2.45) is 0 Å². The van der Waals surface area contributed by atoms with Gasteiger partial charge in [0.25, 0.3) is 5.91 Å². The van der Waals surface area contributed by atoms with E-state index in [2.05, 4.69) is 5.32 Å². The Labute approximate surface area is 156 Å². The van der Waals surface area contributed by atoms with Gasteiger partial charge in [-0.3, -0.25) is 4.79 Å². The highest BCUT2D eigenvalue weighted by atomic mass is 35.5. The van der Waals surface area contributed by atoms with Crippen molar-refractivity contribution in [2.45, 2.75) is 4.90 Å². The molecule has 0 radical (unpaired) electrons. The van der Waals surface area contributed by atoms with Gasteiger partial charge in [0, 0.05) is 16.3 Å². The summed E-state index contributed by atoms with van der Waals surface area (Å²) in [7, 11) is -3.99. The number of carbonyl (C=O) groups is 1. The molecule has 0 saturated carbocycles. The highest BCUT2D eigenvalue weighted by Gasteiger charge is 2.17. The first kappa shape index (κ1) is 18.0. The Kier molecular flexibility index (Phi) is 5.25. The fourth-order valence-electron chi connectivity index (χ4n) is 2.18. The predicted molar refractivity (Wildman–Crippen MR) is 100 cm³/mol. The molecule has 5 nitrogen and oxygen atoms in total. The third-order valence-electron chi connectivity index (χ3n) is 3.44. The summed E-state index contributed by atoms with van der Waals surface area (Å²) in [6.07, 6.45) is 0. The average Bonchev–Trinajstić information content (AvgIpc) is 2.64. The van der Waals surface area contributed by atoms with Gasteiger partial charge >= 0.3 is 10.1 Å². The summed E-state index contributed by atoms with van der Waals surface area (Å²) in [4.78, 5) is 12.1. The molecule has 0 aliphatic heterocycles. The lowest BCUT2D eigenvalue weighted by Crippen LogP contribution is -2.12. The molecule has 3 aromatic rings. The summed E-state index contributed by atoms with van der Waals surface area (Å²) < 4.78 is 29.6. The second kappa shape index (κ2) is 7.59. The van der Waals surface area contributed by atoms with Gasteiger partial charge in [-0.05, 0) is 54.6 Å². The SMILES string of the molecule is O=C(Nc1ccc(OS(=O)(=O)c2cccc(Cl)c2)cc1)c1ccccc1. The Morgan fingerprint density at radius 1 is 0.885 bits per heavy atom. The lowest BCUT2D eigenvalue weighted by atomic mass is 10.2. The molecule has 0 fully saturated rings. The minimum Gasteiger partial charge on any atom is -0.379 e. The van der Waals surface area contributed by atoms with Crippen LogP contribution in [0.15, 0.2) is 83.8 Å². The first-order valence-corrected chi connectivity index (χ1v) is 9.39. The van der Waals surface area contributed by atoms with Crippen LogP contribution in [0.5, 0.6) is 5.75 Å². The van der Waals surface area contributed by atoms with Crippen molar-refractivity contribution in [3.05, 3.63) is 89.4 Å². The number of carbonyl (C=O) groups excluding carboxylic acids is 1. The molecule has 0 heterocycles. The van der Waals surface area contributed by atoms with Crippen LogP contribution in [0.25, 0.3) is 0 Å². The minimum atomic E-state index is -3.99. The van der Waals surface area contributed by atoms with E-state index in [9.17, 15) is 13.2 Å². The van der Waals surface area contributed by atoms with E-state index >= 15 is 0 Å². The first-order chi connectivity index (χ1) is 12.4. The molecule has 26 heavy (non-hydrogen) atoms. The molecule has 0 unspecified atom stereocenters. The summed E-state index contributed by atoms with van der Waals surface area (Å²) in [5.74, 6) is -0.131. The van der Waals surface area contributed by atoms with Gasteiger partial charge in [-0.25, -0.2) is 0 Å². The van der Waals surface area contributed by atoms with Crippen LogP contribution in [-0.2, 0) is 10.1 Å². The lowest BCUT2D eigenvalue weighted by Gasteiger charge is -2.09. The van der Waals surface area contributed by atoms with Crippen molar-refractivity contribution >= 4 is 33.3 Å². The Balaban J connectivity index is 1.71. The van der Waals surface area contributed by atoms with Crippen molar-refractivity contribution in [1.29, 1.82) is 0 Å². The number of rotatable bonds is 5. The van der Waals surface area contributed by atoms with Gasteiger partial charge in [-0.1, -0.05) is 35.9 Å². The summed E-state index contributed by atoms with van der Waals surface area (Å²) in [5.41, 5.74) is 1.04. The van der Waals surface area contributed by atoms with Gasteiger partial charge in [0.05, 0.1) is 0 Å². The van der Waals surface area contributed by atoms with Gasteiger partial charge < -0.3 is 9.50 Å². The molecule has 0 spiro atoms. The lowest BCUT2D eigenvalue weighted by molar-refractivity contribution is 0.102. The van der Waals surface area contributed by atoms with Gasteiger partial charge in [0.15, 0.2) is 0 Å². The van der Waals surface area contributed by atoms with Gasteiger partial charge in [-0.15, -0.1) is 0 Å². The maximum absolute atomic E-state index is 12.3. The monoisotopic (exact) mass is 387 g/mol. The average molecular weight is 388 g/mol. The molecule has 1 N–H and O–H groups in total. The Morgan fingerprint density at radius 2 is 1.58 bits per heavy atom. The summed E-state index contributed by atoms with van der Waals surface area (Å²) in [6.45, 7) is 0. The zero-order chi connectivity index (χ0) is 18.6. The van der Waals surface area contributed by atoms with Gasteiger partial charge in [-0.2, -0.15) is 8.42 Å². The smallest absolute Gasteiger partial charge is 0.339 e. The molecule has 132 valence electrons. The standard InChI is InChI=1S/C19H14ClNO4S/c20-15-7-4-8-18(13-15)26(23,24)25-17-11-9-16(10-12-17)21-19(22)14-5-2-1-3-6-14/h1-13H,(H,21,22). The zero-order valence-corrected chi connectivity index (χ0v) is 15.0. The normalized spacial score (nSPS) is 11.0. The Hall–Kier alpha value is -2.83. The van der Waals surface area contributed by atoms with Crippen LogP contribution in [0.3, 0.4) is 0 Å². The summed E-state index contributed by atoms with van der Waals surface area (Å²) in [6, 6.07) is 20.6. The number of halogens is 1. The number of hydrogen-bond donors (Lipinski definition) is 1. The van der Waals surface area contributed by atoms with E-state index in [0.29, 0.717) is 16.3 Å². The molecular weight excluding hydrogens is 374 g/mol. The maximum atomic E-state index is 12.3. The highest BCUT2D eigenvalue weighted by molar-refractivity contribution is 7.87. The van der Waals surface area contributed by atoms with E-state index in [-0.39, 0.29) is 16.6 Å². The number of nitrogens with one attached hydrogen (secondary N) is 1. The van der Waals surface area contributed by atoms with Crippen LogP contribution < -0.4 is 9.50 Å². The maximum Gasteiger partial charge on any atom is 0.339 e. The molecule has 0 aromatic heterocycles. The highest BCUT2D eigenvalue weighted by Crippen LogP contribution is 2.22. The predicted octanol–water partition coefficient (Wildman–Crippen LogP) is 4.36. The zero-order valence-electron chi connectivity index (χ0n) is 13.4. The van der Waals surface area contributed by atoms with Crippen molar-refractivity contribution in [3.63, 3.8) is 0 Å². The molecular formula is C19H14ClNO4S. The summed E-state index contributed by atoms with van der Waals surface area (Å²) >= 11 is 5.81. The molecule has 0 saturated heterocycles. The first-order valence-electron chi connectivity index (χ1n) is 7.60. The van der Waals surface area contributed by atoms with Gasteiger partial charge in [0.2, 0.25) is 0 Å². The van der Waals surface area contributed by atoms with E-state index < -0.39 is 10.1 Å². The van der Waals surface area contributed by atoms with Crippen LogP contribution in [-0.4, -0.2) is 14.3 Å². The van der Waals surface area contributed by atoms with Crippen molar-refractivity contribution in [3.8, 4) is 5.75 Å². The fourth-order valence-corrected chi connectivity index (χ4v) is 3.42. The van der Waals surface area contributed by atoms with Crippen LogP contribution in [0.1, 0.15) is 10.4 Å². The van der Waals surface area contributed by atoms with Crippen LogP contribution in [0.2, 0.25) is 5.02 Å².